The summed E-state index contributed by atoms with van der Waals surface area (Å²) in [6.07, 6.45) is 1.13. The number of nitrogens with zero attached hydrogens (tertiary/aromatic N) is 3. The summed E-state index contributed by atoms with van der Waals surface area (Å²) >= 11 is 1.33. The SMILES string of the molecule is COc1ccc(NC(=O)c2nnc(CN(C)C(C)CC(C)C)s2)cc1. The zero-order chi connectivity index (χ0) is 18.4. The number of nitrogens with one attached hydrogen (secondary N) is 1. The summed E-state index contributed by atoms with van der Waals surface area (Å²) in [6, 6.07) is 7.64. The number of benzene rings is 1. The number of ether oxygens (including phenoxy) is 1. The van der Waals surface area contributed by atoms with E-state index in [0.717, 1.165) is 17.2 Å². The van der Waals surface area contributed by atoms with Gasteiger partial charge in [0.1, 0.15) is 10.8 Å². The van der Waals surface area contributed by atoms with E-state index in [0.29, 0.717) is 29.2 Å². The number of hydrogen-bond acceptors (Lipinski definition) is 6. The van der Waals surface area contributed by atoms with Crippen LogP contribution in [0.4, 0.5) is 5.69 Å². The Hall–Kier alpha value is -1.99. The van der Waals surface area contributed by atoms with Gasteiger partial charge in [-0.25, -0.2) is 0 Å². The fourth-order valence-corrected chi connectivity index (χ4v) is 3.30. The lowest BCUT2D eigenvalue weighted by Crippen LogP contribution is -2.29. The highest BCUT2D eigenvalue weighted by Gasteiger charge is 2.17. The third-order valence-electron chi connectivity index (χ3n) is 3.96. The lowest BCUT2D eigenvalue weighted by Gasteiger charge is -2.24. The van der Waals surface area contributed by atoms with Crippen LogP contribution in [-0.2, 0) is 6.54 Å². The van der Waals surface area contributed by atoms with Crippen LogP contribution in [0.25, 0.3) is 0 Å². The maximum Gasteiger partial charge on any atom is 0.286 e. The summed E-state index contributed by atoms with van der Waals surface area (Å²) in [5.74, 6) is 1.15. The van der Waals surface area contributed by atoms with Gasteiger partial charge in [-0.2, -0.15) is 0 Å². The van der Waals surface area contributed by atoms with Gasteiger partial charge in [0.15, 0.2) is 0 Å². The predicted molar refractivity (Wildman–Crippen MR) is 101 cm³/mol. The Morgan fingerprint density at radius 1 is 1.24 bits per heavy atom. The molecule has 1 amide bonds. The van der Waals surface area contributed by atoms with Crippen LogP contribution in [0.15, 0.2) is 24.3 Å². The predicted octanol–water partition coefficient (Wildman–Crippen LogP) is 3.67. The fraction of sp³-hybridized carbons (Fsp3) is 0.500. The third-order valence-corrected chi connectivity index (χ3v) is 4.87. The highest BCUT2D eigenvalue weighted by Crippen LogP contribution is 2.19. The topological polar surface area (TPSA) is 67.3 Å². The Labute approximate surface area is 153 Å². The van der Waals surface area contributed by atoms with Crippen LogP contribution in [0, 0.1) is 5.92 Å². The van der Waals surface area contributed by atoms with E-state index in [4.69, 9.17) is 4.74 Å². The first-order valence-corrected chi connectivity index (χ1v) is 9.18. The normalized spacial score (nSPS) is 12.4. The zero-order valence-corrected chi connectivity index (χ0v) is 16.3. The quantitative estimate of drug-likeness (QED) is 0.776. The number of aromatic nitrogens is 2. The van der Waals surface area contributed by atoms with E-state index < -0.39 is 0 Å². The number of methoxy groups -OCH3 is 1. The molecule has 2 rings (SSSR count). The van der Waals surface area contributed by atoms with Gasteiger partial charge >= 0.3 is 0 Å². The van der Waals surface area contributed by atoms with Crippen LogP contribution in [0.5, 0.6) is 5.75 Å². The molecule has 0 aliphatic rings. The second kappa shape index (κ2) is 8.92. The first-order chi connectivity index (χ1) is 11.9. The van der Waals surface area contributed by atoms with Crippen molar-refractivity contribution >= 4 is 22.9 Å². The Balaban J connectivity index is 1.94. The molecule has 7 heteroatoms. The first-order valence-electron chi connectivity index (χ1n) is 8.37. The van der Waals surface area contributed by atoms with E-state index in [1.165, 1.54) is 11.3 Å². The highest BCUT2D eigenvalue weighted by atomic mass is 32.1. The van der Waals surface area contributed by atoms with E-state index in [2.05, 4.69) is 48.2 Å². The highest BCUT2D eigenvalue weighted by molar-refractivity contribution is 7.13. The molecule has 1 aromatic carbocycles. The summed E-state index contributed by atoms with van der Waals surface area (Å²) in [6.45, 7) is 7.34. The summed E-state index contributed by atoms with van der Waals surface area (Å²) in [5, 5.41) is 12.2. The molecule has 0 radical (unpaired) electrons. The van der Waals surface area contributed by atoms with Crippen LogP contribution < -0.4 is 10.1 Å². The van der Waals surface area contributed by atoms with Gasteiger partial charge in [0.05, 0.1) is 13.7 Å². The van der Waals surface area contributed by atoms with Crippen LogP contribution in [0.1, 0.15) is 42.0 Å². The van der Waals surface area contributed by atoms with E-state index >= 15 is 0 Å². The van der Waals surface area contributed by atoms with Gasteiger partial charge in [0.25, 0.3) is 5.91 Å². The smallest absolute Gasteiger partial charge is 0.286 e. The number of carbonyl (C=O) groups is 1. The van der Waals surface area contributed by atoms with Crippen LogP contribution >= 0.6 is 11.3 Å². The van der Waals surface area contributed by atoms with E-state index in [1.54, 1.807) is 31.4 Å². The molecule has 25 heavy (non-hydrogen) atoms. The molecule has 136 valence electrons. The molecule has 2 aromatic rings. The van der Waals surface area contributed by atoms with Crippen molar-refractivity contribution in [1.82, 2.24) is 15.1 Å². The maximum absolute atomic E-state index is 12.3. The third kappa shape index (κ3) is 5.79. The number of hydrogen-bond donors (Lipinski definition) is 1. The van der Waals surface area contributed by atoms with Crippen molar-refractivity contribution in [3.8, 4) is 5.75 Å². The molecular weight excluding hydrogens is 336 g/mol. The summed E-state index contributed by atoms with van der Waals surface area (Å²) in [7, 11) is 3.68. The molecule has 0 fully saturated rings. The average molecular weight is 362 g/mol. The number of carbonyl (C=O) groups excluding carboxylic acids is 1. The Morgan fingerprint density at radius 3 is 2.52 bits per heavy atom. The minimum atomic E-state index is -0.244. The summed E-state index contributed by atoms with van der Waals surface area (Å²) in [5.41, 5.74) is 0.699. The van der Waals surface area contributed by atoms with Gasteiger partial charge in [0, 0.05) is 11.7 Å². The van der Waals surface area contributed by atoms with Crippen molar-refractivity contribution in [1.29, 1.82) is 0 Å². The van der Waals surface area contributed by atoms with Crippen molar-refractivity contribution in [3.63, 3.8) is 0 Å². The Bertz CT molecular complexity index is 685. The van der Waals surface area contributed by atoms with Gasteiger partial charge in [-0.15, -0.1) is 10.2 Å². The lowest BCUT2D eigenvalue weighted by atomic mass is 10.0. The molecule has 0 aliphatic carbocycles. The van der Waals surface area contributed by atoms with Crippen molar-refractivity contribution in [2.75, 3.05) is 19.5 Å². The number of amides is 1. The first kappa shape index (κ1) is 19.3. The fourth-order valence-electron chi connectivity index (χ4n) is 2.50. The van der Waals surface area contributed by atoms with Crippen molar-refractivity contribution in [3.05, 3.63) is 34.3 Å². The Morgan fingerprint density at radius 2 is 1.92 bits per heavy atom. The van der Waals surface area contributed by atoms with Crippen LogP contribution in [0.3, 0.4) is 0 Å². The molecule has 0 saturated carbocycles. The van der Waals surface area contributed by atoms with E-state index in [1.807, 2.05) is 0 Å². The molecule has 1 heterocycles. The van der Waals surface area contributed by atoms with Gasteiger partial charge in [-0.1, -0.05) is 25.2 Å². The molecule has 1 aromatic heterocycles. The van der Waals surface area contributed by atoms with Crippen molar-refractivity contribution in [2.45, 2.75) is 39.8 Å². The molecule has 0 aliphatic heterocycles. The molecular formula is C18H26N4O2S. The number of rotatable bonds is 8. The van der Waals surface area contributed by atoms with Crippen LogP contribution in [-0.4, -0.2) is 41.2 Å². The second-order valence-electron chi connectivity index (χ2n) is 6.58. The molecule has 0 bridgehead atoms. The molecule has 0 spiro atoms. The van der Waals surface area contributed by atoms with Crippen molar-refractivity contribution < 1.29 is 9.53 Å². The van der Waals surface area contributed by atoms with Gasteiger partial charge in [0.2, 0.25) is 5.01 Å². The minimum Gasteiger partial charge on any atom is -0.497 e. The van der Waals surface area contributed by atoms with E-state index in [-0.39, 0.29) is 5.91 Å². The standard InChI is InChI=1S/C18H26N4O2S/c1-12(2)10-13(3)22(4)11-16-20-21-18(25-16)17(23)19-14-6-8-15(24-5)9-7-14/h6-9,12-13H,10-11H2,1-5H3,(H,19,23). The lowest BCUT2D eigenvalue weighted by molar-refractivity contribution is 0.102. The summed E-state index contributed by atoms with van der Waals surface area (Å²) in [4.78, 5) is 14.5. The van der Waals surface area contributed by atoms with Gasteiger partial charge < -0.3 is 10.1 Å². The number of anilines is 1. The summed E-state index contributed by atoms with van der Waals surface area (Å²) < 4.78 is 5.10. The maximum atomic E-state index is 12.3. The van der Waals surface area contributed by atoms with Gasteiger partial charge in [-0.3, -0.25) is 9.69 Å². The molecule has 0 saturated heterocycles. The van der Waals surface area contributed by atoms with Crippen LogP contribution in [0.2, 0.25) is 0 Å². The molecule has 1 N–H and O–H groups in total. The Kier molecular flexibility index (Phi) is 6.90. The van der Waals surface area contributed by atoms with Crippen molar-refractivity contribution in [2.24, 2.45) is 5.92 Å². The zero-order valence-electron chi connectivity index (χ0n) is 15.4. The molecule has 1 atom stereocenters. The molecule has 6 nitrogen and oxygen atoms in total. The largest absolute Gasteiger partial charge is 0.497 e. The van der Waals surface area contributed by atoms with Gasteiger partial charge in [-0.05, 0) is 50.6 Å². The monoisotopic (exact) mass is 362 g/mol. The van der Waals surface area contributed by atoms with E-state index in [9.17, 15) is 4.79 Å². The minimum absolute atomic E-state index is 0.244. The molecule has 1 unspecified atom stereocenters. The average Bonchev–Trinajstić information content (AvgIpc) is 3.03. The second-order valence-corrected chi connectivity index (χ2v) is 7.64.